The largest absolute Gasteiger partial charge is 0.481 e. The van der Waals surface area contributed by atoms with Gasteiger partial charge in [-0.05, 0) is 24.5 Å². The summed E-state index contributed by atoms with van der Waals surface area (Å²) in [6.45, 7) is 1.92. The molecule has 0 bridgehead atoms. The van der Waals surface area contributed by atoms with Crippen LogP contribution in [0.5, 0.6) is 0 Å². The standard InChI is InChI=1S/C20H23NO4/c1-15(20(23)24)19(17-10-6-3-7-11-17)21-18(22)14-25-13-12-16-8-4-2-5-9-16/h2-11,15,19H,12-14H2,1H3,(H,21,22)(H,23,24). The highest BCUT2D eigenvalue weighted by Gasteiger charge is 2.26. The third-order valence-electron chi connectivity index (χ3n) is 3.98. The molecule has 2 aromatic rings. The second-order valence-corrected chi connectivity index (χ2v) is 5.87. The Morgan fingerprint density at radius 2 is 1.64 bits per heavy atom. The summed E-state index contributed by atoms with van der Waals surface area (Å²) in [6, 6.07) is 18.4. The van der Waals surface area contributed by atoms with Gasteiger partial charge in [0.2, 0.25) is 5.91 Å². The molecule has 0 aromatic heterocycles. The van der Waals surface area contributed by atoms with E-state index in [2.05, 4.69) is 5.32 Å². The van der Waals surface area contributed by atoms with Crippen LogP contribution in [0.25, 0.3) is 0 Å². The third kappa shape index (κ3) is 6.04. The number of hydrogen-bond donors (Lipinski definition) is 2. The molecule has 25 heavy (non-hydrogen) atoms. The quantitative estimate of drug-likeness (QED) is 0.688. The van der Waals surface area contributed by atoms with Gasteiger partial charge in [0.05, 0.1) is 18.6 Å². The van der Waals surface area contributed by atoms with Crippen molar-refractivity contribution < 1.29 is 19.4 Å². The number of benzene rings is 2. The first-order chi connectivity index (χ1) is 12.1. The summed E-state index contributed by atoms with van der Waals surface area (Å²) >= 11 is 0. The summed E-state index contributed by atoms with van der Waals surface area (Å²) in [6.07, 6.45) is 0.724. The van der Waals surface area contributed by atoms with E-state index >= 15 is 0 Å². The van der Waals surface area contributed by atoms with Crippen molar-refractivity contribution in [2.75, 3.05) is 13.2 Å². The topological polar surface area (TPSA) is 75.6 Å². The predicted octanol–water partition coefficient (Wildman–Crippen LogP) is 2.82. The summed E-state index contributed by atoms with van der Waals surface area (Å²) in [4.78, 5) is 23.5. The first kappa shape index (κ1) is 18.7. The molecule has 2 atom stereocenters. The maximum atomic E-state index is 12.1. The van der Waals surface area contributed by atoms with Gasteiger partial charge in [0.15, 0.2) is 0 Å². The second-order valence-electron chi connectivity index (χ2n) is 5.87. The minimum Gasteiger partial charge on any atom is -0.481 e. The van der Waals surface area contributed by atoms with Gasteiger partial charge < -0.3 is 15.2 Å². The number of carbonyl (C=O) groups excluding carboxylic acids is 1. The molecule has 5 heteroatoms. The van der Waals surface area contributed by atoms with E-state index in [1.165, 1.54) is 0 Å². The Labute approximate surface area is 147 Å². The van der Waals surface area contributed by atoms with Gasteiger partial charge in [-0.2, -0.15) is 0 Å². The molecule has 2 unspecified atom stereocenters. The minimum absolute atomic E-state index is 0.0947. The van der Waals surface area contributed by atoms with Gasteiger partial charge in [0.25, 0.3) is 0 Å². The van der Waals surface area contributed by atoms with Gasteiger partial charge in [-0.15, -0.1) is 0 Å². The molecule has 0 heterocycles. The molecular formula is C20H23NO4. The van der Waals surface area contributed by atoms with Gasteiger partial charge in [0, 0.05) is 0 Å². The number of aliphatic carboxylic acids is 1. The number of amides is 1. The Morgan fingerprint density at radius 3 is 2.24 bits per heavy atom. The van der Waals surface area contributed by atoms with Crippen molar-refractivity contribution in [3.63, 3.8) is 0 Å². The van der Waals surface area contributed by atoms with Crippen LogP contribution in [0.15, 0.2) is 60.7 Å². The van der Waals surface area contributed by atoms with Crippen LogP contribution in [0.1, 0.15) is 24.1 Å². The van der Waals surface area contributed by atoms with Gasteiger partial charge >= 0.3 is 5.97 Å². The maximum Gasteiger partial charge on any atom is 0.308 e. The van der Waals surface area contributed by atoms with Crippen molar-refractivity contribution in [2.24, 2.45) is 5.92 Å². The Kier molecular flexibility index (Phi) is 7.16. The number of carbonyl (C=O) groups is 2. The molecule has 0 spiro atoms. The average Bonchev–Trinajstić information content (AvgIpc) is 2.64. The molecule has 0 radical (unpaired) electrons. The van der Waals surface area contributed by atoms with E-state index in [4.69, 9.17) is 4.74 Å². The number of rotatable bonds is 9. The lowest BCUT2D eigenvalue weighted by atomic mass is 9.94. The molecule has 0 saturated carbocycles. The fourth-order valence-corrected chi connectivity index (χ4v) is 2.51. The Morgan fingerprint density at radius 1 is 1.04 bits per heavy atom. The van der Waals surface area contributed by atoms with Crippen molar-refractivity contribution in [1.29, 1.82) is 0 Å². The molecule has 0 aliphatic carbocycles. The van der Waals surface area contributed by atoms with E-state index in [9.17, 15) is 14.7 Å². The highest BCUT2D eigenvalue weighted by atomic mass is 16.5. The van der Waals surface area contributed by atoms with Crippen molar-refractivity contribution in [2.45, 2.75) is 19.4 Å². The summed E-state index contributed by atoms with van der Waals surface area (Å²) in [5, 5.41) is 12.1. The summed E-state index contributed by atoms with van der Waals surface area (Å²) in [5.74, 6) is -2.02. The van der Waals surface area contributed by atoms with Gasteiger partial charge in [-0.1, -0.05) is 60.7 Å². The SMILES string of the molecule is CC(C(=O)O)C(NC(=O)COCCc1ccccc1)c1ccccc1. The second kappa shape index (κ2) is 9.59. The molecule has 2 aromatic carbocycles. The summed E-state index contributed by atoms with van der Waals surface area (Å²) in [5.41, 5.74) is 1.90. The van der Waals surface area contributed by atoms with Gasteiger partial charge in [-0.25, -0.2) is 0 Å². The molecule has 0 saturated heterocycles. The molecular weight excluding hydrogens is 318 g/mol. The smallest absolute Gasteiger partial charge is 0.308 e. The van der Waals surface area contributed by atoms with Crippen LogP contribution in [0.3, 0.4) is 0 Å². The van der Waals surface area contributed by atoms with Crippen LogP contribution < -0.4 is 5.32 Å². The zero-order valence-corrected chi connectivity index (χ0v) is 14.2. The lowest BCUT2D eigenvalue weighted by Crippen LogP contribution is -2.37. The predicted molar refractivity (Wildman–Crippen MR) is 95.1 cm³/mol. The van der Waals surface area contributed by atoms with Gasteiger partial charge in [0.1, 0.15) is 6.61 Å². The van der Waals surface area contributed by atoms with Crippen molar-refractivity contribution in [3.05, 3.63) is 71.8 Å². The molecule has 2 rings (SSSR count). The van der Waals surface area contributed by atoms with E-state index in [-0.39, 0.29) is 12.5 Å². The number of ether oxygens (including phenoxy) is 1. The van der Waals surface area contributed by atoms with Crippen LogP contribution in [0.2, 0.25) is 0 Å². The molecule has 0 aliphatic rings. The fourth-order valence-electron chi connectivity index (χ4n) is 2.51. The number of nitrogens with one attached hydrogen (secondary N) is 1. The van der Waals surface area contributed by atoms with E-state index < -0.39 is 17.9 Å². The van der Waals surface area contributed by atoms with E-state index in [1.54, 1.807) is 19.1 Å². The average molecular weight is 341 g/mol. The first-order valence-electron chi connectivity index (χ1n) is 8.26. The zero-order valence-electron chi connectivity index (χ0n) is 14.2. The number of carboxylic acid groups (broad SMARTS) is 1. The molecule has 5 nitrogen and oxygen atoms in total. The lowest BCUT2D eigenvalue weighted by Gasteiger charge is -2.23. The van der Waals surface area contributed by atoms with Gasteiger partial charge in [-0.3, -0.25) is 9.59 Å². The molecule has 0 fully saturated rings. The third-order valence-corrected chi connectivity index (χ3v) is 3.98. The van der Waals surface area contributed by atoms with Crippen LogP contribution in [-0.2, 0) is 20.7 Å². The Balaban J connectivity index is 1.85. The lowest BCUT2D eigenvalue weighted by molar-refractivity contribution is -0.142. The highest BCUT2D eigenvalue weighted by molar-refractivity contribution is 5.79. The van der Waals surface area contributed by atoms with E-state index in [0.29, 0.717) is 6.61 Å². The van der Waals surface area contributed by atoms with Crippen molar-refractivity contribution >= 4 is 11.9 Å². The van der Waals surface area contributed by atoms with Crippen molar-refractivity contribution in [3.8, 4) is 0 Å². The maximum absolute atomic E-state index is 12.1. The van der Waals surface area contributed by atoms with Crippen LogP contribution in [-0.4, -0.2) is 30.2 Å². The normalized spacial score (nSPS) is 13.0. The highest BCUT2D eigenvalue weighted by Crippen LogP contribution is 2.22. The van der Waals surface area contributed by atoms with Crippen molar-refractivity contribution in [1.82, 2.24) is 5.32 Å². The summed E-state index contributed by atoms with van der Waals surface area (Å²) in [7, 11) is 0. The Bertz CT molecular complexity index is 673. The zero-order chi connectivity index (χ0) is 18.1. The number of hydrogen-bond acceptors (Lipinski definition) is 3. The molecule has 1 amide bonds. The molecule has 0 aliphatic heterocycles. The molecule has 132 valence electrons. The summed E-state index contributed by atoms with van der Waals surface area (Å²) < 4.78 is 5.42. The Hall–Kier alpha value is -2.66. The van der Waals surface area contributed by atoms with E-state index in [0.717, 1.165) is 17.5 Å². The molecule has 2 N–H and O–H groups in total. The monoisotopic (exact) mass is 341 g/mol. The van der Waals surface area contributed by atoms with E-state index in [1.807, 2.05) is 48.5 Å². The van der Waals surface area contributed by atoms with Crippen LogP contribution in [0.4, 0.5) is 0 Å². The first-order valence-corrected chi connectivity index (χ1v) is 8.26. The number of carboxylic acids is 1. The van der Waals surface area contributed by atoms with Crippen LogP contribution >= 0.6 is 0 Å². The fraction of sp³-hybridized carbons (Fsp3) is 0.300. The van der Waals surface area contributed by atoms with Crippen LogP contribution in [0, 0.1) is 5.92 Å². The minimum atomic E-state index is -0.959.